The number of hydrogen-bond donors (Lipinski definition) is 0. The molecule has 1 aliphatic carbocycles. The molecule has 0 saturated carbocycles. The number of fused-ring (bicyclic) bond motifs is 21. The molecule has 24 aromatic carbocycles. The van der Waals surface area contributed by atoms with Crippen LogP contribution in [0.5, 0.6) is 23.0 Å². The Balaban J connectivity index is 0.000000140. The number of benzene rings is 24. The summed E-state index contributed by atoms with van der Waals surface area (Å²) in [4.78, 5) is 9.30. The number of hydrogen-bond acceptors (Lipinski definition) is 8. The van der Waals surface area contributed by atoms with Crippen molar-refractivity contribution in [2.75, 3.05) is 19.6 Å². The quantitative estimate of drug-likeness (QED) is 0.0941. The summed E-state index contributed by atoms with van der Waals surface area (Å²) in [5.41, 5.74) is 32.8. The third-order valence-corrected chi connectivity index (χ3v) is 29.6. The second kappa shape index (κ2) is 33.3. The van der Waals surface area contributed by atoms with Gasteiger partial charge in [-0.25, -0.2) is 0 Å². The zero-order valence-electron chi connectivity index (χ0n) is 78.3. The number of rotatable bonds is 15. The van der Waals surface area contributed by atoms with Crippen molar-refractivity contribution >= 4 is 177 Å². The smallest absolute Gasteiger partial charge is 0.159 e. The minimum atomic E-state index is -0.105. The van der Waals surface area contributed by atoms with E-state index in [0.717, 1.165) is 174 Å². The molecule has 143 heavy (non-hydrogen) atoms. The largest absolute Gasteiger partial charge is 0.456 e. The molecule has 672 valence electrons. The highest BCUT2D eigenvalue weighted by molar-refractivity contribution is 6.28. The number of ether oxygens (including phenoxy) is 2. The third kappa shape index (κ3) is 13.5. The van der Waals surface area contributed by atoms with E-state index in [0.29, 0.717) is 0 Å². The summed E-state index contributed by atoms with van der Waals surface area (Å²) < 4.78 is 27.2. The maximum atomic E-state index is 7.00. The Morgan fingerprint density at radius 1 is 0.168 bits per heavy atom. The van der Waals surface area contributed by atoms with Crippen LogP contribution in [0, 0.1) is 0 Å². The first kappa shape index (κ1) is 82.5. The summed E-state index contributed by atoms with van der Waals surface area (Å²) in [6.07, 6.45) is 0. The second-order valence-electron chi connectivity index (χ2n) is 38.0. The van der Waals surface area contributed by atoms with Gasteiger partial charge in [-0.1, -0.05) is 323 Å². The Morgan fingerprint density at radius 2 is 0.483 bits per heavy atom. The summed E-state index contributed by atoms with van der Waals surface area (Å²) in [5.74, 6) is 3.32. The maximum Gasteiger partial charge on any atom is 0.159 e. The molecule has 3 aliphatic rings. The van der Waals surface area contributed by atoms with E-state index in [4.69, 9.17) is 18.3 Å². The highest BCUT2D eigenvalue weighted by Crippen LogP contribution is 2.58. The minimum absolute atomic E-state index is 0.105. The van der Waals surface area contributed by atoms with Crippen molar-refractivity contribution in [3.63, 3.8) is 0 Å². The van der Waals surface area contributed by atoms with Gasteiger partial charge in [-0.3, -0.25) is 0 Å². The van der Waals surface area contributed by atoms with E-state index in [1.54, 1.807) is 0 Å². The SMILES string of the molecule is CC1(C)c2ccccc2-c2ccc(N(c3ccccc3)c3ccc(-c4cc5c6cccc7c6c(cc5c5ccccc45)-c4ccc(N(c5ccccc5)c5cccc6c5oc5ccccc56)cc4O7)cc3)cc21.c1ccc(-c2ccccc2N(c2ccccc2)c2ccc(-c3cc4c5cccc6c5c(cc4c4ccccc34)-c3ccc(N(c4ccccc4)c4cccc5c4oc4ccccc45)cc3O6)cc2)cc1. The van der Waals surface area contributed by atoms with Crippen molar-refractivity contribution in [2.24, 2.45) is 0 Å². The van der Waals surface area contributed by atoms with Gasteiger partial charge in [0.05, 0.1) is 28.4 Å². The van der Waals surface area contributed by atoms with Crippen LogP contribution in [-0.4, -0.2) is 0 Å². The molecule has 0 saturated heterocycles. The van der Waals surface area contributed by atoms with E-state index in [-0.39, 0.29) is 5.41 Å². The van der Waals surface area contributed by atoms with Gasteiger partial charge in [0, 0.05) is 106 Å². The Kier molecular flexibility index (Phi) is 19.2. The number of para-hydroxylation sites is 9. The van der Waals surface area contributed by atoms with E-state index in [1.165, 1.54) is 104 Å². The fourth-order valence-electron chi connectivity index (χ4n) is 23.1. The molecule has 0 N–H and O–H groups in total. The molecule has 26 aromatic rings. The summed E-state index contributed by atoms with van der Waals surface area (Å²) in [6, 6.07) is 179. The summed E-state index contributed by atoms with van der Waals surface area (Å²) in [6.45, 7) is 4.70. The molecule has 0 bridgehead atoms. The minimum Gasteiger partial charge on any atom is -0.456 e. The van der Waals surface area contributed by atoms with Crippen LogP contribution in [0.2, 0.25) is 0 Å². The number of furan rings is 2. The lowest BCUT2D eigenvalue weighted by Gasteiger charge is -2.28. The molecule has 29 rings (SSSR count). The van der Waals surface area contributed by atoms with Crippen molar-refractivity contribution in [1.82, 2.24) is 0 Å². The van der Waals surface area contributed by atoms with Gasteiger partial charge in [-0.2, -0.15) is 0 Å². The monoisotopic (exact) mass is 1830 g/mol. The molecule has 8 heteroatoms. The molecule has 0 spiro atoms. The van der Waals surface area contributed by atoms with Crippen LogP contribution < -0.4 is 29.1 Å². The van der Waals surface area contributed by atoms with E-state index in [1.807, 2.05) is 24.3 Å². The normalized spacial score (nSPS) is 12.4. The van der Waals surface area contributed by atoms with Crippen LogP contribution >= 0.6 is 0 Å². The Bertz CT molecular complexity index is 9640. The van der Waals surface area contributed by atoms with Crippen LogP contribution in [-0.2, 0) is 5.41 Å². The van der Waals surface area contributed by atoms with Crippen molar-refractivity contribution < 1.29 is 18.3 Å². The predicted octanol–water partition coefficient (Wildman–Crippen LogP) is 38.8. The molecule has 2 aromatic heterocycles. The van der Waals surface area contributed by atoms with Gasteiger partial charge in [0.1, 0.15) is 34.2 Å². The van der Waals surface area contributed by atoms with Gasteiger partial charge in [0.15, 0.2) is 11.2 Å². The lowest BCUT2D eigenvalue weighted by atomic mass is 9.82. The topological polar surface area (TPSA) is 57.7 Å². The maximum absolute atomic E-state index is 7.00. The van der Waals surface area contributed by atoms with E-state index >= 15 is 0 Å². The second-order valence-corrected chi connectivity index (χ2v) is 38.0. The highest BCUT2D eigenvalue weighted by Gasteiger charge is 2.37. The summed E-state index contributed by atoms with van der Waals surface area (Å²) >= 11 is 0. The summed E-state index contributed by atoms with van der Waals surface area (Å²) in [7, 11) is 0. The van der Waals surface area contributed by atoms with Crippen molar-refractivity contribution in [3.05, 3.63) is 509 Å². The number of anilines is 12. The first-order valence-electron chi connectivity index (χ1n) is 49.0. The molecule has 0 fully saturated rings. The number of nitrogens with zero attached hydrogens (tertiary/aromatic N) is 4. The van der Waals surface area contributed by atoms with Gasteiger partial charge in [0.25, 0.3) is 0 Å². The van der Waals surface area contributed by atoms with Crippen LogP contribution in [0.4, 0.5) is 68.2 Å². The van der Waals surface area contributed by atoms with Gasteiger partial charge in [-0.15, -0.1) is 0 Å². The van der Waals surface area contributed by atoms with Gasteiger partial charge in [0.2, 0.25) is 0 Å². The predicted molar refractivity (Wildman–Crippen MR) is 596 cm³/mol. The zero-order chi connectivity index (χ0) is 94.5. The van der Waals surface area contributed by atoms with Crippen LogP contribution in [0.1, 0.15) is 25.0 Å². The summed E-state index contributed by atoms with van der Waals surface area (Å²) in [5, 5.41) is 18.6. The molecular formula is C135H88N4O4. The van der Waals surface area contributed by atoms with Crippen molar-refractivity contribution in [2.45, 2.75) is 19.3 Å². The highest BCUT2D eigenvalue weighted by atomic mass is 16.5. The molecular weight excluding hydrogens is 1740 g/mol. The van der Waals surface area contributed by atoms with Gasteiger partial charge < -0.3 is 37.9 Å². The fraction of sp³-hybridized carbons (Fsp3) is 0.0222. The molecule has 4 heterocycles. The molecule has 0 unspecified atom stereocenters. The Hall–Kier alpha value is -18.8. The van der Waals surface area contributed by atoms with Gasteiger partial charge in [-0.05, 0) is 291 Å². The van der Waals surface area contributed by atoms with Crippen LogP contribution in [0.3, 0.4) is 0 Å². The van der Waals surface area contributed by atoms with Crippen LogP contribution in [0.25, 0.3) is 175 Å². The van der Waals surface area contributed by atoms with Crippen LogP contribution in [0.15, 0.2) is 506 Å². The molecule has 8 nitrogen and oxygen atoms in total. The zero-order valence-corrected chi connectivity index (χ0v) is 78.3. The third-order valence-electron chi connectivity index (χ3n) is 29.6. The Morgan fingerprint density at radius 3 is 0.965 bits per heavy atom. The first-order chi connectivity index (χ1) is 70.7. The lowest BCUT2D eigenvalue weighted by Crippen LogP contribution is -2.16. The lowest BCUT2D eigenvalue weighted by molar-refractivity contribution is 0.487. The Labute approximate surface area is 826 Å². The van der Waals surface area contributed by atoms with Crippen molar-refractivity contribution in [3.8, 4) is 89.8 Å². The standard InChI is InChI=1S/C69H46N2O2.C66H42N2O2/c1-69(2)61-27-13-11-23-51(61)52-37-35-47(39-62(52)69)70(44-17-5-3-6-18-44)46-33-31-43(32-34-46)57-41-59-55-25-16-30-65-67(55)60(42-58(59)50-22-10-9-21-49(50)57)54-38-36-48(40-66(54)72-65)71(45-19-7-4-8-20-45)63-28-15-26-56-53-24-12-14-29-64(53)73-68(56)63;1-4-18-43(19-5-1)49-24-12-14-30-60(49)67(45-20-6-2-7-21-45)47-36-34-44(35-37-47)56-41-58-54-28-17-33-63-65(54)59(42-57(58)51-26-11-10-25-50(51)56)53-39-38-48(40-64(53)69-63)68(46-22-8-3-9-23-46)61-31-16-29-55-52-27-13-15-32-62(52)70-66(55)61/h3-42H,1-2H3;1-42H. The first-order valence-corrected chi connectivity index (χ1v) is 49.0. The average Bonchev–Trinajstić information content (AvgIpc) is 1.65. The van der Waals surface area contributed by atoms with Crippen molar-refractivity contribution in [1.29, 1.82) is 0 Å². The van der Waals surface area contributed by atoms with E-state index < -0.39 is 0 Å². The fourth-order valence-corrected chi connectivity index (χ4v) is 23.1. The van der Waals surface area contributed by atoms with E-state index in [9.17, 15) is 0 Å². The van der Waals surface area contributed by atoms with Gasteiger partial charge >= 0.3 is 0 Å². The molecule has 0 radical (unpaired) electrons. The average molecular weight is 1830 g/mol. The van der Waals surface area contributed by atoms with E-state index in [2.05, 4.69) is 507 Å². The molecule has 0 atom stereocenters. The molecule has 2 aliphatic heterocycles. The molecule has 0 amide bonds.